The molecule has 0 amide bonds. The van der Waals surface area contributed by atoms with Gasteiger partial charge in [0.25, 0.3) is 0 Å². The van der Waals surface area contributed by atoms with E-state index in [2.05, 4.69) is 10.6 Å². The zero-order valence-electron chi connectivity index (χ0n) is 13.9. The molecule has 27 heavy (non-hydrogen) atoms. The monoisotopic (exact) mass is 420 g/mol. The number of carbonyl (C=O) groups excluding carboxylic acids is 1. The highest BCUT2D eigenvalue weighted by Crippen LogP contribution is 2.37. The lowest BCUT2D eigenvalue weighted by atomic mass is 10.2. The highest BCUT2D eigenvalue weighted by atomic mass is 35.5. The van der Waals surface area contributed by atoms with Crippen LogP contribution in [0.2, 0.25) is 5.02 Å². The summed E-state index contributed by atoms with van der Waals surface area (Å²) in [7, 11) is 1.31. The summed E-state index contributed by atoms with van der Waals surface area (Å²) >= 11 is 12.8. The average molecular weight is 421 g/mol. The van der Waals surface area contributed by atoms with Crippen LogP contribution in [0.5, 0.6) is 0 Å². The van der Waals surface area contributed by atoms with Crippen molar-refractivity contribution in [1.82, 2.24) is 0 Å². The summed E-state index contributed by atoms with van der Waals surface area (Å²) in [5.41, 5.74) is 1.57. The van der Waals surface area contributed by atoms with Gasteiger partial charge in [0, 0.05) is 21.5 Å². The number of ether oxygens (including phenoxy) is 1. The predicted octanol–water partition coefficient (Wildman–Crippen LogP) is 4.85. The molecule has 3 rings (SSSR count). The molecule has 0 bridgehead atoms. The fraction of sp³-hybridized carbons (Fsp3) is 0.0556. The van der Waals surface area contributed by atoms with Crippen molar-refractivity contribution in [1.29, 1.82) is 0 Å². The fourth-order valence-corrected chi connectivity index (χ4v) is 4.06. The lowest BCUT2D eigenvalue weighted by Gasteiger charge is -2.11. The Labute approximate surface area is 168 Å². The van der Waals surface area contributed by atoms with Crippen LogP contribution in [0, 0.1) is 0 Å². The largest absolute Gasteiger partial charge is 0.478 e. The number of thiocarbonyl (C=S) groups is 1. The zero-order chi connectivity index (χ0) is 19.6. The van der Waals surface area contributed by atoms with E-state index in [9.17, 15) is 9.59 Å². The van der Waals surface area contributed by atoms with Crippen molar-refractivity contribution in [3.8, 4) is 0 Å². The minimum Gasteiger partial charge on any atom is -0.478 e. The molecule has 0 aliphatic rings. The maximum Gasteiger partial charge on any atom is 0.349 e. The Bertz CT molecular complexity index is 1050. The molecule has 9 heteroatoms. The van der Waals surface area contributed by atoms with Crippen LogP contribution in [0.4, 0.5) is 11.4 Å². The van der Waals surface area contributed by atoms with E-state index in [0.29, 0.717) is 20.7 Å². The number of carbonyl (C=O) groups is 2. The number of fused-ring (bicyclic) bond motifs is 1. The molecule has 0 unspecified atom stereocenters. The van der Waals surface area contributed by atoms with Crippen molar-refractivity contribution in [2.45, 2.75) is 0 Å². The van der Waals surface area contributed by atoms with Crippen LogP contribution in [0.1, 0.15) is 20.0 Å². The molecule has 0 aliphatic carbocycles. The van der Waals surface area contributed by atoms with Gasteiger partial charge in [-0.1, -0.05) is 11.6 Å². The van der Waals surface area contributed by atoms with E-state index in [1.54, 1.807) is 24.3 Å². The molecule has 6 nitrogen and oxygen atoms in total. The number of esters is 1. The zero-order valence-corrected chi connectivity index (χ0v) is 16.3. The highest BCUT2D eigenvalue weighted by Gasteiger charge is 2.17. The van der Waals surface area contributed by atoms with Crippen LogP contribution in [0.3, 0.4) is 0 Å². The number of anilines is 2. The summed E-state index contributed by atoms with van der Waals surface area (Å²) in [6.45, 7) is 0. The van der Waals surface area contributed by atoms with Crippen molar-refractivity contribution in [3.05, 3.63) is 57.9 Å². The molecule has 0 spiro atoms. The summed E-state index contributed by atoms with van der Waals surface area (Å²) in [5.74, 6) is -1.46. The van der Waals surface area contributed by atoms with Gasteiger partial charge in [-0.15, -0.1) is 11.3 Å². The van der Waals surface area contributed by atoms with E-state index in [1.807, 2.05) is 6.07 Å². The summed E-state index contributed by atoms with van der Waals surface area (Å²) < 4.78 is 5.55. The van der Waals surface area contributed by atoms with Gasteiger partial charge in [-0.05, 0) is 54.7 Å². The van der Waals surface area contributed by atoms with Crippen LogP contribution < -0.4 is 10.6 Å². The van der Waals surface area contributed by atoms with E-state index >= 15 is 0 Å². The Hall–Kier alpha value is -2.68. The lowest BCUT2D eigenvalue weighted by molar-refractivity contribution is 0.0605. The second-order valence-electron chi connectivity index (χ2n) is 5.41. The average Bonchev–Trinajstić information content (AvgIpc) is 2.97. The van der Waals surface area contributed by atoms with E-state index in [4.69, 9.17) is 33.7 Å². The van der Waals surface area contributed by atoms with Gasteiger partial charge < -0.3 is 20.5 Å². The topological polar surface area (TPSA) is 87.7 Å². The number of halogens is 1. The second-order valence-corrected chi connectivity index (χ2v) is 7.25. The Balaban J connectivity index is 1.74. The fourth-order valence-electron chi connectivity index (χ4n) is 2.36. The van der Waals surface area contributed by atoms with Gasteiger partial charge >= 0.3 is 11.9 Å². The van der Waals surface area contributed by atoms with E-state index < -0.39 is 11.9 Å². The minimum atomic E-state index is -0.989. The van der Waals surface area contributed by atoms with Gasteiger partial charge in [0.15, 0.2) is 5.11 Å². The third-order valence-corrected chi connectivity index (χ3v) is 5.49. The number of carboxylic acids is 1. The van der Waals surface area contributed by atoms with Gasteiger partial charge in [-0.25, -0.2) is 9.59 Å². The predicted molar refractivity (Wildman–Crippen MR) is 111 cm³/mol. The van der Waals surface area contributed by atoms with Crippen molar-refractivity contribution in [2.24, 2.45) is 0 Å². The third kappa shape index (κ3) is 4.19. The van der Waals surface area contributed by atoms with Crippen molar-refractivity contribution in [3.63, 3.8) is 0 Å². The first kappa shape index (κ1) is 19.1. The molecule has 0 saturated carbocycles. The molecular formula is C18H13ClN2O4S2. The Morgan fingerprint density at radius 1 is 1.11 bits per heavy atom. The van der Waals surface area contributed by atoms with Gasteiger partial charge in [-0.2, -0.15) is 0 Å². The first-order valence-electron chi connectivity index (χ1n) is 7.60. The summed E-state index contributed by atoms with van der Waals surface area (Å²) in [6.07, 6.45) is 0. The summed E-state index contributed by atoms with van der Waals surface area (Å²) in [5, 5.41) is 16.4. The summed E-state index contributed by atoms with van der Waals surface area (Å²) in [6, 6.07) is 11.7. The number of thiophene rings is 1. The van der Waals surface area contributed by atoms with Gasteiger partial charge in [0.1, 0.15) is 4.88 Å². The van der Waals surface area contributed by atoms with E-state index in [1.165, 1.54) is 30.6 Å². The number of hydrogen-bond acceptors (Lipinski definition) is 5. The molecule has 0 radical (unpaired) electrons. The van der Waals surface area contributed by atoms with Gasteiger partial charge in [0.2, 0.25) is 0 Å². The molecule has 0 aliphatic heterocycles. The smallest absolute Gasteiger partial charge is 0.349 e. The number of aromatic carboxylic acids is 1. The number of nitrogens with one attached hydrogen (secondary N) is 2. The van der Waals surface area contributed by atoms with Crippen molar-refractivity contribution < 1.29 is 19.4 Å². The molecule has 138 valence electrons. The van der Waals surface area contributed by atoms with Crippen molar-refractivity contribution in [2.75, 3.05) is 17.7 Å². The number of carboxylic acid groups (broad SMARTS) is 1. The SMILES string of the molecule is COC(=O)c1sc2cc(NC(=S)Nc3ccc(C(=O)O)cc3)ccc2c1Cl. The normalized spacial score (nSPS) is 10.4. The molecule has 2 aromatic carbocycles. The van der Waals surface area contributed by atoms with Gasteiger partial charge in [-0.3, -0.25) is 0 Å². The molecule has 3 N–H and O–H groups in total. The standard InChI is InChI=1S/C18H13ClN2O4S2/c1-25-17(24)15-14(19)12-7-6-11(8-13(12)27-15)21-18(26)20-10-4-2-9(3-5-10)16(22)23/h2-8H,1H3,(H,22,23)(H2,20,21,26). The van der Waals surface area contributed by atoms with E-state index in [-0.39, 0.29) is 5.56 Å². The first-order valence-corrected chi connectivity index (χ1v) is 9.21. The number of hydrogen-bond donors (Lipinski definition) is 3. The van der Waals surface area contributed by atoms with Crippen LogP contribution in [-0.4, -0.2) is 29.3 Å². The number of benzene rings is 2. The minimum absolute atomic E-state index is 0.195. The third-order valence-electron chi connectivity index (χ3n) is 3.65. The molecule has 0 fully saturated rings. The molecule has 1 heterocycles. The highest BCUT2D eigenvalue weighted by molar-refractivity contribution is 7.80. The van der Waals surface area contributed by atoms with E-state index in [0.717, 1.165) is 15.8 Å². The van der Waals surface area contributed by atoms with Crippen molar-refractivity contribution >= 4 is 73.7 Å². The Kier molecular flexibility index (Phi) is 5.59. The van der Waals surface area contributed by atoms with Gasteiger partial charge in [0.05, 0.1) is 17.7 Å². The Morgan fingerprint density at radius 2 is 1.74 bits per heavy atom. The van der Waals surface area contributed by atoms with Crippen LogP contribution in [0.15, 0.2) is 42.5 Å². The molecule has 0 atom stereocenters. The molecule has 3 aromatic rings. The van der Waals surface area contributed by atoms with Crippen LogP contribution >= 0.6 is 35.2 Å². The second kappa shape index (κ2) is 7.91. The maximum absolute atomic E-state index is 11.8. The summed E-state index contributed by atoms with van der Waals surface area (Å²) in [4.78, 5) is 23.0. The van der Waals surface area contributed by atoms with Crippen LogP contribution in [-0.2, 0) is 4.74 Å². The lowest BCUT2D eigenvalue weighted by Crippen LogP contribution is -2.19. The molecule has 1 aromatic heterocycles. The number of methoxy groups -OCH3 is 1. The first-order chi connectivity index (χ1) is 12.9. The molecule has 0 saturated heterocycles. The Morgan fingerprint density at radius 3 is 2.37 bits per heavy atom. The molecular weight excluding hydrogens is 408 g/mol. The van der Waals surface area contributed by atoms with Crippen LogP contribution in [0.25, 0.3) is 10.1 Å². The maximum atomic E-state index is 11.8. The quantitative estimate of drug-likeness (QED) is 0.410. The number of rotatable bonds is 4.